The maximum absolute atomic E-state index is 12.3. The Morgan fingerprint density at radius 3 is 2.52 bits per heavy atom. The van der Waals surface area contributed by atoms with Crippen molar-refractivity contribution in [3.63, 3.8) is 0 Å². The van der Waals surface area contributed by atoms with Crippen LogP contribution in [0, 0.1) is 5.41 Å². The highest BCUT2D eigenvalue weighted by atomic mass is 35.5. The number of carbonyl (C=O) groups excluding carboxylic acids is 1. The Morgan fingerprint density at radius 2 is 1.90 bits per heavy atom. The number of hydrogen-bond donors (Lipinski definition) is 2. The van der Waals surface area contributed by atoms with E-state index in [2.05, 4.69) is 10.0 Å². The largest absolute Gasteiger partial charge is 0.354 e. The quantitative estimate of drug-likeness (QED) is 0.889. The molecule has 1 aromatic carbocycles. The molecule has 0 radical (unpaired) electrons. The van der Waals surface area contributed by atoms with E-state index in [0.29, 0.717) is 18.0 Å². The lowest BCUT2D eigenvalue weighted by atomic mass is 9.88. The Hall–Kier alpha value is -1.11. The highest BCUT2D eigenvalue weighted by Gasteiger charge is 2.32. The van der Waals surface area contributed by atoms with Crippen molar-refractivity contribution in [2.45, 2.75) is 37.6 Å². The number of amides is 1. The minimum atomic E-state index is -3.73. The topological polar surface area (TPSA) is 75.3 Å². The van der Waals surface area contributed by atoms with Crippen molar-refractivity contribution in [1.82, 2.24) is 10.0 Å². The van der Waals surface area contributed by atoms with Gasteiger partial charge < -0.3 is 5.32 Å². The second-order valence-corrected chi connectivity index (χ2v) is 8.20. The number of hydrogen-bond acceptors (Lipinski definition) is 3. The molecule has 1 amide bonds. The first kappa shape index (κ1) is 16.3. The van der Waals surface area contributed by atoms with Crippen LogP contribution in [0.25, 0.3) is 0 Å². The van der Waals surface area contributed by atoms with Crippen LogP contribution in [0.4, 0.5) is 0 Å². The first-order chi connectivity index (χ1) is 9.70. The van der Waals surface area contributed by atoms with Crippen molar-refractivity contribution < 1.29 is 13.2 Å². The summed E-state index contributed by atoms with van der Waals surface area (Å²) in [6.07, 6.45) is 1.24. The maximum Gasteiger partial charge on any atom is 0.241 e. The van der Waals surface area contributed by atoms with Crippen molar-refractivity contribution in [3.05, 3.63) is 29.3 Å². The van der Waals surface area contributed by atoms with Gasteiger partial charge in [-0.2, -0.15) is 4.72 Å². The smallest absolute Gasteiger partial charge is 0.241 e. The molecule has 0 spiro atoms. The summed E-state index contributed by atoms with van der Waals surface area (Å²) in [6, 6.07) is 5.11. The fraction of sp³-hybridized carbons (Fsp3) is 0.500. The monoisotopic (exact) mass is 330 g/mol. The van der Waals surface area contributed by atoms with Gasteiger partial charge in [-0.1, -0.05) is 25.4 Å². The van der Waals surface area contributed by atoms with Crippen molar-refractivity contribution in [2.24, 2.45) is 5.41 Å². The van der Waals surface area contributed by atoms with E-state index in [4.69, 9.17) is 11.6 Å². The van der Waals surface area contributed by atoms with Gasteiger partial charge in [0.2, 0.25) is 15.9 Å². The third-order valence-corrected chi connectivity index (χ3v) is 5.33. The molecule has 2 rings (SSSR count). The molecule has 1 fully saturated rings. The van der Waals surface area contributed by atoms with E-state index in [1.807, 2.05) is 13.8 Å². The van der Waals surface area contributed by atoms with Gasteiger partial charge in [-0.05, 0) is 42.5 Å². The first-order valence-electron chi connectivity index (χ1n) is 6.75. The fourth-order valence-corrected chi connectivity index (χ4v) is 3.54. The molecule has 1 heterocycles. The maximum atomic E-state index is 12.3. The molecule has 0 aromatic heterocycles. The summed E-state index contributed by atoms with van der Waals surface area (Å²) in [5, 5.41) is 3.24. The number of carbonyl (C=O) groups is 1. The van der Waals surface area contributed by atoms with Crippen LogP contribution < -0.4 is 10.0 Å². The van der Waals surface area contributed by atoms with E-state index in [1.165, 1.54) is 24.3 Å². The number of rotatable bonds is 3. The van der Waals surface area contributed by atoms with E-state index in [0.717, 1.165) is 6.42 Å². The zero-order valence-corrected chi connectivity index (χ0v) is 13.6. The summed E-state index contributed by atoms with van der Waals surface area (Å²) >= 11 is 5.75. The van der Waals surface area contributed by atoms with Gasteiger partial charge in [-0.15, -0.1) is 0 Å². The summed E-state index contributed by atoms with van der Waals surface area (Å²) in [7, 11) is -3.73. The second kappa shape index (κ2) is 5.94. The minimum absolute atomic E-state index is 0.0316. The number of benzene rings is 1. The molecule has 1 aromatic rings. The summed E-state index contributed by atoms with van der Waals surface area (Å²) in [4.78, 5) is 12.1. The average molecular weight is 331 g/mol. The number of halogens is 1. The van der Waals surface area contributed by atoms with Crippen LogP contribution in [0.2, 0.25) is 5.02 Å². The molecule has 1 aliphatic rings. The summed E-state index contributed by atoms with van der Waals surface area (Å²) in [5.41, 5.74) is -0.0316. The van der Waals surface area contributed by atoms with Gasteiger partial charge in [0, 0.05) is 11.6 Å². The van der Waals surface area contributed by atoms with Crippen LogP contribution >= 0.6 is 11.6 Å². The summed E-state index contributed by atoms with van der Waals surface area (Å²) in [6.45, 7) is 4.64. The summed E-state index contributed by atoms with van der Waals surface area (Å²) in [5.74, 6) is -0.280. The SMILES string of the molecule is CC1(C)CCC(NS(=O)(=O)c2ccc(Cl)cc2)C(=O)NC1. The molecule has 2 N–H and O–H groups in total. The zero-order chi connectivity index (χ0) is 15.7. The molecule has 5 nitrogen and oxygen atoms in total. The van der Waals surface area contributed by atoms with Crippen molar-refractivity contribution >= 4 is 27.5 Å². The molecule has 7 heteroatoms. The van der Waals surface area contributed by atoms with Gasteiger partial charge in [0.1, 0.15) is 6.04 Å². The molecule has 1 aliphatic heterocycles. The first-order valence-corrected chi connectivity index (χ1v) is 8.61. The minimum Gasteiger partial charge on any atom is -0.354 e. The third-order valence-electron chi connectivity index (χ3n) is 3.59. The number of sulfonamides is 1. The van der Waals surface area contributed by atoms with E-state index in [-0.39, 0.29) is 16.2 Å². The average Bonchev–Trinajstić information content (AvgIpc) is 2.52. The molecular weight excluding hydrogens is 312 g/mol. The van der Waals surface area contributed by atoms with Gasteiger partial charge in [0.15, 0.2) is 0 Å². The van der Waals surface area contributed by atoms with Crippen molar-refractivity contribution in [2.75, 3.05) is 6.54 Å². The molecule has 0 aliphatic carbocycles. The second-order valence-electron chi connectivity index (χ2n) is 6.05. The van der Waals surface area contributed by atoms with Gasteiger partial charge in [-0.25, -0.2) is 8.42 Å². The van der Waals surface area contributed by atoms with Crippen molar-refractivity contribution in [3.8, 4) is 0 Å². The lowest BCUT2D eigenvalue weighted by molar-refractivity contribution is -0.122. The Morgan fingerprint density at radius 1 is 1.29 bits per heavy atom. The molecule has 1 saturated heterocycles. The molecule has 0 saturated carbocycles. The molecule has 1 atom stereocenters. The van der Waals surface area contributed by atoms with Gasteiger partial charge in [0.25, 0.3) is 0 Å². The van der Waals surface area contributed by atoms with E-state index in [1.54, 1.807) is 0 Å². The summed E-state index contributed by atoms with van der Waals surface area (Å²) < 4.78 is 27.1. The normalized spacial score (nSPS) is 22.4. The van der Waals surface area contributed by atoms with E-state index < -0.39 is 16.1 Å². The lowest BCUT2D eigenvalue weighted by Crippen LogP contribution is -2.45. The van der Waals surface area contributed by atoms with Crippen LogP contribution in [0.1, 0.15) is 26.7 Å². The fourth-order valence-electron chi connectivity index (χ4n) is 2.19. The van der Waals surface area contributed by atoms with Gasteiger partial charge >= 0.3 is 0 Å². The van der Waals surface area contributed by atoms with E-state index >= 15 is 0 Å². The third kappa shape index (κ3) is 4.18. The van der Waals surface area contributed by atoms with Crippen LogP contribution in [-0.4, -0.2) is 26.9 Å². The standard InChI is InChI=1S/C14H19ClN2O3S/c1-14(2)8-7-12(13(18)16-9-14)17-21(19,20)11-5-3-10(15)4-6-11/h3-6,12,17H,7-9H2,1-2H3,(H,16,18). The Labute approximate surface area is 130 Å². The molecule has 0 bridgehead atoms. The predicted molar refractivity (Wildman–Crippen MR) is 81.6 cm³/mol. The predicted octanol–water partition coefficient (Wildman–Crippen LogP) is 1.92. The van der Waals surface area contributed by atoms with Crippen LogP contribution in [0.5, 0.6) is 0 Å². The molecule has 116 valence electrons. The van der Waals surface area contributed by atoms with Crippen LogP contribution in [0.3, 0.4) is 0 Å². The van der Waals surface area contributed by atoms with Crippen LogP contribution in [0.15, 0.2) is 29.2 Å². The molecule has 1 unspecified atom stereocenters. The lowest BCUT2D eigenvalue weighted by Gasteiger charge is -2.21. The zero-order valence-electron chi connectivity index (χ0n) is 12.0. The van der Waals surface area contributed by atoms with Gasteiger partial charge in [-0.3, -0.25) is 4.79 Å². The Bertz CT molecular complexity index is 626. The Balaban J connectivity index is 2.16. The van der Waals surface area contributed by atoms with Crippen LogP contribution in [-0.2, 0) is 14.8 Å². The number of nitrogens with one attached hydrogen (secondary N) is 2. The van der Waals surface area contributed by atoms with Crippen molar-refractivity contribution in [1.29, 1.82) is 0 Å². The van der Waals surface area contributed by atoms with Gasteiger partial charge in [0.05, 0.1) is 4.90 Å². The molecule has 21 heavy (non-hydrogen) atoms. The Kier molecular flexibility index (Phi) is 4.60. The molecular formula is C14H19ClN2O3S. The van der Waals surface area contributed by atoms with E-state index in [9.17, 15) is 13.2 Å². The highest BCUT2D eigenvalue weighted by Crippen LogP contribution is 2.25. The highest BCUT2D eigenvalue weighted by molar-refractivity contribution is 7.89.